The van der Waals surface area contributed by atoms with E-state index in [1.54, 1.807) is 12.1 Å². The Morgan fingerprint density at radius 1 is 0.538 bits per heavy atom. The fourth-order valence-electron chi connectivity index (χ4n) is 3.98. The third kappa shape index (κ3) is 9.34. The van der Waals surface area contributed by atoms with E-state index in [2.05, 4.69) is 41.5 Å². The molecule has 0 bridgehead atoms. The summed E-state index contributed by atoms with van der Waals surface area (Å²) < 4.78 is 10.6. The molecule has 0 N–H and O–H groups in total. The predicted octanol–water partition coefficient (Wildman–Crippen LogP) is 5.30. The number of methoxy groups -OCH3 is 2. The number of carbonyl (C=O) groups excluding carboxylic acids is 2. The first-order valence-electron chi connectivity index (χ1n) is 12.9. The van der Waals surface area contributed by atoms with Crippen molar-refractivity contribution in [2.75, 3.05) is 14.2 Å². The van der Waals surface area contributed by atoms with Gasteiger partial charge in [-0.25, -0.2) is 0 Å². The molecule has 0 radical (unpaired) electrons. The molecule has 0 atom stereocenters. The topological polar surface area (TPSA) is 98.7 Å². The first kappa shape index (κ1) is 36.6. The molecule has 0 unspecified atom stereocenters. The minimum Gasteiger partial charge on any atom is -0.545 e. The third-order valence-corrected chi connectivity index (χ3v) is 6.37. The van der Waals surface area contributed by atoms with E-state index < -0.39 is 11.9 Å². The largest absolute Gasteiger partial charge is 2.00 e. The van der Waals surface area contributed by atoms with Gasteiger partial charge in [-0.3, -0.25) is 0 Å². The van der Waals surface area contributed by atoms with Gasteiger partial charge in [0, 0.05) is 22.3 Å². The quantitative estimate of drug-likeness (QED) is 0.447. The van der Waals surface area contributed by atoms with Crippen LogP contribution < -0.4 is 19.7 Å². The van der Waals surface area contributed by atoms with Gasteiger partial charge in [-0.15, -0.1) is 0 Å². The monoisotopic (exact) mass is 590 g/mol. The van der Waals surface area contributed by atoms with Crippen LogP contribution in [0.25, 0.3) is 0 Å². The van der Waals surface area contributed by atoms with E-state index in [9.17, 15) is 19.8 Å². The Hall–Kier alpha value is -2.40. The molecule has 6 nitrogen and oxygen atoms in total. The van der Waals surface area contributed by atoms with E-state index in [1.165, 1.54) is 14.2 Å². The van der Waals surface area contributed by atoms with Crippen LogP contribution in [0.1, 0.15) is 126 Å². The van der Waals surface area contributed by atoms with Crippen molar-refractivity contribution < 1.29 is 48.8 Å². The number of hydrogen-bond acceptors (Lipinski definition) is 6. The van der Waals surface area contributed by atoms with Crippen molar-refractivity contribution in [3.05, 3.63) is 57.6 Å². The third-order valence-electron chi connectivity index (χ3n) is 6.37. The van der Waals surface area contributed by atoms with Gasteiger partial charge < -0.3 is 29.3 Å². The Bertz CT molecular complexity index is 1080. The summed E-state index contributed by atoms with van der Waals surface area (Å²) in [6.45, 7) is 24.6. The van der Waals surface area contributed by atoms with Crippen LogP contribution >= 0.6 is 0 Å². The number of carboxylic acid groups (broad SMARTS) is 2. The summed E-state index contributed by atoms with van der Waals surface area (Å²) in [4.78, 5) is 22.7. The zero-order valence-electron chi connectivity index (χ0n) is 26.5. The molecule has 212 valence electrons. The zero-order chi connectivity index (χ0) is 30.0. The molecule has 0 aliphatic heterocycles. The molecule has 0 aliphatic rings. The van der Waals surface area contributed by atoms with Crippen LogP contribution in [-0.2, 0) is 41.1 Å². The molecule has 39 heavy (non-hydrogen) atoms. The molecule has 2 rings (SSSR count). The Kier molecular flexibility index (Phi) is 12.1. The van der Waals surface area contributed by atoms with Crippen molar-refractivity contribution in [1.29, 1.82) is 0 Å². The Morgan fingerprint density at radius 3 is 0.949 bits per heavy atom. The Labute approximate surface area is 248 Å². The number of rotatable bonds is 4. The molecule has 0 saturated heterocycles. The van der Waals surface area contributed by atoms with Gasteiger partial charge in [0.2, 0.25) is 0 Å². The average Bonchev–Trinajstić information content (AvgIpc) is 2.74. The summed E-state index contributed by atoms with van der Waals surface area (Å²) in [5.41, 5.74) is 3.32. The fraction of sp³-hybridized carbons (Fsp3) is 0.562. The summed E-state index contributed by atoms with van der Waals surface area (Å²) in [6, 6.07) is 7.38. The fourth-order valence-corrected chi connectivity index (χ4v) is 3.98. The summed E-state index contributed by atoms with van der Waals surface area (Å²) in [7, 11) is 2.99. The zero-order valence-corrected chi connectivity index (χ0v) is 29.4. The number of ether oxygens (including phenoxy) is 2. The second kappa shape index (κ2) is 12.8. The van der Waals surface area contributed by atoms with E-state index in [0.29, 0.717) is 11.5 Å². The summed E-state index contributed by atoms with van der Waals surface area (Å²) in [6.07, 6.45) is 0. The van der Waals surface area contributed by atoms with Crippen LogP contribution in [0.2, 0.25) is 0 Å². The van der Waals surface area contributed by atoms with Gasteiger partial charge >= 0.3 is 19.5 Å². The van der Waals surface area contributed by atoms with Crippen LogP contribution in [0.5, 0.6) is 11.5 Å². The van der Waals surface area contributed by atoms with E-state index in [1.807, 2.05) is 53.7 Å². The van der Waals surface area contributed by atoms with Crippen LogP contribution in [0.3, 0.4) is 0 Å². The van der Waals surface area contributed by atoms with Crippen molar-refractivity contribution in [1.82, 2.24) is 0 Å². The van der Waals surface area contributed by atoms with Gasteiger partial charge in [-0.05, 0) is 44.9 Å². The standard InChI is InChI=1S/2C16H24O3.Zn/c2*1-15(2,3)10-8-11(14(17)18)13(19-7)12(9-10)16(4,5)6;/h2*8-9H,1-7H3,(H,17,18);/q;;+2/p-2. The smallest absolute Gasteiger partial charge is 0.545 e. The van der Waals surface area contributed by atoms with Gasteiger partial charge in [0.05, 0.1) is 26.2 Å². The maximum absolute atomic E-state index is 11.3. The maximum Gasteiger partial charge on any atom is 2.00 e. The van der Waals surface area contributed by atoms with Crippen molar-refractivity contribution in [3.8, 4) is 11.5 Å². The minimum atomic E-state index is -1.20. The molecule has 0 heterocycles. The number of hydrogen-bond donors (Lipinski definition) is 0. The van der Waals surface area contributed by atoms with Gasteiger partial charge in [0.25, 0.3) is 0 Å². The van der Waals surface area contributed by atoms with Gasteiger partial charge in [0.15, 0.2) is 0 Å². The minimum absolute atomic E-state index is 0. The molecule has 2 aromatic carbocycles. The summed E-state index contributed by atoms with van der Waals surface area (Å²) in [5.74, 6) is -1.59. The van der Waals surface area contributed by atoms with Crippen molar-refractivity contribution in [3.63, 3.8) is 0 Å². The Morgan fingerprint density at radius 2 is 0.795 bits per heavy atom. The van der Waals surface area contributed by atoms with E-state index in [4.69, 9.17) is 9.47 Å². The second-order valence-corrected chi connectivity index (χ2v) is 13.8. The van der Waals surface area contributed by atoms with Crippen molar-refractivity contribution in [2.45, 2.75) is 105 Å². The first-order chi connectivity index (χ1) is 17.0. The molecule has 0 aromatic heterocycles. The SMILES string of the molecule is COc1c(C(=O)[O-])cc(C(C)(C)C)cc1C(C)(C)C.COc1c(C(=O)[O-])cc(C(C)(C)C)cc1C(C)(C)C.[Zn+2]. The summed E-state index contributed by atoms with van der Waals surface area (Å²) >= 11 is 0. The molecule has 0 fully saturated rings. The molecular formula is C32H46O6Zn. The molecule has 7 heteroatoms. The summed E-state index contributed by atoms with van der Waals surface area (Å²) in [5, 5.41) is 22.7. The number of carboxylic acids is 2. The first-order valence-corrected chi connectivity index (χ1v) is 12.9. The average molecular weight is 592 g/mol. The molecule has 2 aromatic rings. The van der Waals surface area contributed by atoms with Crippen LogP contribution in [-0.4, -0.2) is 26.2 Å². The molecule has 0 spiro atoms. The second-order valence-electron chi connectivity index (χ2n) is 13.8. The number of benzene rings is 2. The molecular weight excluding hydrogens is 546 g/mol. The van der Waals surface area contributed by atoms with Crippen molar-refractivity contribution in [2.24, 2.45) is 0 Å². The molecule has 0 amide bonds. The van der Waals surface area contributed by atoms with E-state index in [0.717, 1.165) is 22.3 Å². The maximum atomic E-state index is 11.3. The predicted molar refractivity (Wildman–Crippen MR) is 149 cm³/mol. The van der Waals surface area contributed by atoms with Crippen LogP contribution in [0.4, 0.5) is 0 Å². The Balaban J connectivity index is 0.000000722. The number of aromatic carboxylic acids is 2. The normalized spacial score (nSPS) is 12.1. The molecule has 0 saturated carbocycles. The van der Waals surface area contributed by atoms with Gasteiger partial charge in [-0.2, -0.15) is 0 Å². The van der Waals surface area contributed by atoms with Gasteiger partial charge in [-0.1, -0.05) is 95.2 Å². The van der Waals surface area contributed by atoms with Crippen LogP contribution in [0, 0.1) is 0 Å². The molecule has 0 aliphatic carbocycles. The van der Waals surface area contributed by atoms with E-state index in [-0.39, 0.29) is 52.3 Å². The van der Waals surface area contributed by atoms with E-state index >= 15 is 0 Å². The number of carbonyl (C=O) groups is 2. The van der Waals surface area contributed by atoms with Crippen LogP contribution in [0.15, 0.2) is 24.3 Å². The van der Waals surface area contributed by atoms with Gasteiger partial charge in [0.1, 0.15) is 11.5 Å². The van der Waals surface area contributed by atoms with Crippen molar-refractivity contribution >= 4 is 11.9 Å².